The van der Waals surface area contributed by atoms with E-state index < -0.39 is 18.5 Å². The Morgan fingerprint density at radius 1 is 1.15 bits per heavy atom. The van der Waals surface area contributed by atoms with Crippen LogP contribution in [-0.4, -0.2) is 23.5 Å². The number of hydrogen-bond acceptors (Lipinski definition) is 5. The molecule has 7 heteroatoms. The lowest BCUT2D eigenvalue weighted by molar-refractivity contribution is -0.119. The van der Waals surface area contributed by atoms with Crippen molar-refractivity contribution < 1.29 is 14.3 Å². The van der Waals surface area contributed by atoms with Gasteiger partial charge >= 0.3 is 5.97 Å². The maximum atomic E-state index is 12.1. The second kappa shape index (κ2) is 7.64. The number of hydrogen-bond donors (Lipinski definition) is 1. The summed E-state index contributed by atoms with van der Waals surface area (Å²) >= 11 is 5.90. The van der Waals surface area contributed by atoms with Gasteiger partial charge in [0, 0.05) is 11.1 Å². The van der Waals surface area contributed by atoms with Gasteiger partial charge in [-0.15, -0.1) is 0 Å². The van der Waals surface area contributed by atoms with Crippen LogP contribution < -0.4 is 5.32 Å². The van der Waals surface area contributed by atoms with Crippen LogP contribution in [0.25, 0.3) is 10.9 Å². The van der Waals surface area contributed by atoms with E-state index in [1.807, 2.05) is 24.3 Å². The number of pyridine rings is 1. The van der Waals surface area contributed by atoms with E-state index in [9.17, 15) is 9.59 Å². The fourth-order valence-electron chi connectivity index (χ4n) is 2.27. The lowest BCUT2D eigenvalue weighted by Gasteiger charge is -2.07. The van der Waals surface area contributed by atoms with E-state index in [-0.39, 0.29) is 10.7 Å². The number of nitrogens with one attached hydrogen (secondary N) is 1. The van der Waals surface area contributed by atoms with Crippen molar-refractivity contribution in [2.45, 2.75) is 0 Å². The van der Waals surface area contributed by atoms with Crippen molar-refractivity contribution >= 4 is 40.1 Å². The van der Waals surface area contributed by atoms with Gasteiger partial charge in [-0.3, -0.25) is 4.79 Å². The number of carbonyl (C=O) groups is 2. The number of carbonyl (C=O) groups excluding carboxylic acids is 2. The van der Waals surface area contributed by atoms with E-state index in [0.29, 0.717) is 16.8 Å². The molecule has 1 aromatic heterocycles. The number of halogens is 1. The zero-order valence-electron chi connectivity index (χ0n) is 13.4. The summed E-state index contributed by atoms with van der Waals surface area (Å²) in [5, 5.41) is 12.5. The molecule has 0 radical (unpaired) electrons. The van der Waals surface area contributed by atoms with E-state index in [1.165, 1.54) is 18.2 Å². The van der Waals surface area contributed by atoms with Gasteiger partial charge < -0.3 is 10.1 Å². The van der Waals surface area contributed by atoms with Crippen LogP contribution in [0, 0.1) is 11.3 Å². The average Bonchev–Trinajstić information content (AvgIpc) is 2.66. The smallest absolute Gasteiger partial charge is 0.357 e. The maximum absolute atomic E-state index is 12.1. The second-order valence-electron chi connectivity index (χ2n) is 5.32. The first kappa shape index (κ1) is 17.4. The number of nitrogens with zero attached hydrogens (tertiary/aromatic N) is 2. The molecule has 3 aromatic rings. The topological polar surface area (TPSA) is 92.1 Å². The van der Waals surface area contributed by atoms with Crippen LogP contribution in [0.4, 0.5) is 5.69 Å². The molecule has 6 nitrogen and oxygen atoms in total. The number of rotatable bonds is 4. The van der Waals surface area contributed by atoms with Crippen molar-refractivity contribution in [3.63, 3.8) is 0 Å². The molecule has 0 bridgehead atoms. The van der Waals surface area contributed by atoms with Gasteiger partial charge in [0.25, 0.3) is 5.91 Å². The highest BCUT2D eigenvalue weighted by molar-refractivity contribution is 6.32. The Morgan fingerprint density at radius 2 is 1.96 bits per heavy atom. The highest BCUT2D eigenvalue weighted by Gasteiger charge is 2.13. The summed E-state index contributed by atoms with van der Waals surface area (Å²) in [6.45, 7) is -0.467. The molecule has 1 amide bonds. The molecular weight excluding hydrogens is 354 g/mol. The molecule has 1 N–H and O–H groups in total. The zero-order valence-corrected chi connectivity index (χ0v) is 14.2. The Kier molecular flexibility index (Phi) is 5.11. The second-order valence-corrected chi connectivity index (χ2v) is 5.73. The summed E-state index contributed by atoms with van der Waals surface area (Å²) in [7, 11) is 0. The van der Waals surface area contributed by atoms with Gasteiger partial charge in [-0.05, 0) is 30.3 Å². The molecule has 128 valence electrons. The van der Waals surface area contributed by atoms with Crippen LogP contribution in [-0.2, 0) is 9.53 Å². The van der Waals surface area contributed by atoms with E-state index in [4.69, 9.17) is 21.6 Å². The van der Waals surface area contributed by atoms with Crippen LogP contribution in [0.15, 0.2) is 54.6 Å². The summed E-state index contributed by atoms with van der Waals surface area (Å²) in [5.41, 5.74) is 1.49. The lowest BCUT2D eigenvalue weighted by Crippen LogP contribution is -2.21. The molecule has 0 aliphatic carbocycles. The largest absolute Gasteiger partial charge is 0.451 e. The van der Waals surface area contributed by atoms with Gasteiger partial charge in [-0.25, -0.2) is 9.78 Å². The van der Waals surface area contributed by atoms with Crippen molar-refractivity contribution in [2.75, 3.05) is 11.9 Å². The zero-order chi connectivity index (χ0) is 18.5. The summed E-state index contributed by atoms with van der Waals surface area (Å²) in [6.07, 6.45) is 0. The van der Waals surface area contributed by atoms with E-state index in [0.717, 1.165) is 5.39 Å². The van der Waals surface area contributed by atoms with Crippen molar-refractivity contribution in [1.29, 1.82) is 5.26 Å². The van der Waals surface area contributed by atoms with E-state index in [2.05, 4.69) is 10.3 Å². The first-order valence-electron chi connectivity index (χ1n) is 7.59. The molecule has 1 heterocycles. The average molecular weight is 366 g/mol. The van der Waals surface area contributed by atoms with Crippen LogP contribution in [0.5, 0.6) is 0 Å². The first-order valence-corrected chi connectivity index (χ1v) is 7.97. The number of benzene rings is 2. The number of nitriles is 1. The highest BCUT2D eigenvalue weighted by atomic mass is 35.5. The number of aromatic nitrogens is 1. The number of esters is 1. The summed E-state index contributed by atoms with van der Waals surface area (Å²) in [5.74, 6) is -1.22. The number of anilines is 1. The molecule has 0 aliphatic rings. The van der Waals surface area contributed by atoms with E-state index in [1.54, 1.807) is 18.2 Å². The minimum atomic E-state index is -0.691. The van der Waals surface area contributed by atoms with Gasteiger partial charge in [0.15, 0.2) is 6.61 Å². The quantitative estimate of drug-likeness (QED) is 0.714. The predicted molar refractivity (Wildman–Crippen MR) is 96.8 cm³/mol. The minimum Gasteiger partial charge on any atom is -0.451 e. The molecule has 0 fully saturated rings. The van der Waals surface area contributed by atoms with Crippen molar-refractivity contribution in [3.05, 3.63) is 70.9 Å². The Balaban J connectivity index is 1.60. The Morgan fingerprint density at radius 3 is 2.73 bits per heavy atom. The molecule has 0 saturated heterocycles. The Hall–Kier alpha value is -3.43. The number of para-hydroxylation sites is 1. The van der Waals surface area contributed by atoms with Gasteiger partial charge in [0.1, 0.15) is 11.8 Å². The molecule has 3 rings (SSSR count). The third-order valence-electron chi connectivity index (χ3n) is 3.52. The summed E-state index contributed by atoms with van der Waals surface area (Å²) < 4.78 is 4.99. The van der Waals surface area contributed by atoms with Crippen molar-refractivity contribution in [2.24, 2.45) is 0 Å². The molecule has 0 unspecified atom stereocenters. The minimum absolute atomic E-state index is 0.123. The predicted octanol–water partition coefficient (Wildman–Crippen LogP) is 3.56. The number of ether oxygens (including phenoxy) is 1. The van der Waals surface area contributed by atoms with Crippen molar-refractivity contribution in [1.82, 2.24) is 4.98 Å². The van der Waals surface area contributed by atoms with Crippen LogP contribution in [0.3, 0.4) is 0 Å². The molecule has 0 aliphatic heterocycles. The number of fused-ring (bicyclic) bond motifs is 1. The molecule has 26 heavy (non-hydrogen) atoms. The fourth-order valence-corrected chi connectivity index (χ4v) is 2.49. The first-order chi connectivity index (χ1) is 12.6. The fraction of sp³-hybridized carbons (Fsp3) is 0.0526. The molecule has 0 atom stereocenters. The van der Waals surface area contributed by atoms with Gasteiger partial charge in [-0.1, -0.05) is 35.9 Å². The lowest BCUT2D eigenvalue weighted by atomic mass is 10.2. The Bertz CT molecular complexity index is 1040. The van der Waals surface area contributed by atoms with Gasteiger partial charge in [0.05, 0.1) is 16.1 Å². The van der Waals surface area contributed by atoms with Gasteiger partial charge in [0.2, 0.25) is 0 Å². The highest BCUT2D eigenvalue weighted by Crippen LogP contribution is 2.20. The monoisotopic (exact) mass is 365 g/mol. The normalized spacial score (nSPS) is 10.2. The third-order valence-corrected chi connectivity index (χ3v) is 3.83. The molecule has 0 spiro atoms. The third kappa shape index (κ3) is 3.97. The Labute approximate surface area is 154 Å². The van der Waals surface area contributed by atoms with Crippen molar-refractivity contribution in [3.8, 4) is 6.07 Å². The van der Waals surface area contributed by atoms with E-state index >= 15 is 0 Å². The van der Waals surface area contributed by atoms with Crippen LogP contribution >= 0.6 is 11.6 Å². The molecule has 0 saturated carbocycles. The van der Waals surface area contributed by atoms with Crippen LogP contribution in [0.1, 0.15) is 16.1 Å². The number of amides is 1. The SMILES string of the molecule is N#Cc1ccc(NC(=O)COC(=O)c2ccc3ccccc3n2)cc1Cl. The summed E-state index contributed by atoms with van der Waals surface area (Å²) in [6, 6.07) is 17.1. The standard InChI is InChI=1S/C19H12ClN3O3/c20-15-9-14(7-5-13(15)10-21)22-18(24)11-26-19(25)17-8-6-12-3-1-2-4-16(12)23-17/h1-9H,11H2,(H,22,24). The maximum Gasteiger partial charge on any atom is 0.357 e. The summed E-state index contributed by atoms with van der Waals surface area (Å²) in [4.78, 5) is 28.2. The molecular formula is C19H12ClN3O3. The van der Waals surface area contributed by atoms with Crippen LogP contribution in [0.2, 0.25) is 5.02 Å². The van der Waals surface area contributed by atoms with Gasteiger partial charge in [-0.2, -0.15) is 5.26 Å². The molecule has 2 aromatic carbocycles.